The molecule has 0 radical (unpaired) electrons. The molecule has 0 aliphatic rings. The summed E-state index contributed by atoms with van der Waals surface area (Å²) in [6, 6.07) is 7.10. The number of aryl methyl sites for hydroxylation is 1. The molecule has 128 valence electrons. The van der Waals surface area contributed by atoms with Gasteiger partial charge in [0.15, 0.2) is 0 Å². The highest BCUT2D eigenvalue weighted by molar-refractivity contribution is 5.97. The van der Waals surface area contributed by atoms with E-state index in [-0.39, 0.29) is 36.8 Å². The van der Waals surface area contributed by atoms with Crippen molar-refractivity contribution in [1.29, 1.82) is 0 Å². The SMILES string of the molecule is COc1ccc(OCCNC(=O)c2c(C)coc2CC(=O)O)cc1. The van der Waals surface area contributed by atoms with Gasteiger partial charge in [-0.25, -0.2) is 0 Å². The van der Waals surface area contributed by atoms with Crippen molar-refractivity contribution < 1.29 is 28.6 Å². The van der Waals surface area contributed by atoms with Crippen molar-refractivity contribution in [3.8, 4) is 11.5 Å². The fourth-order valence-electron chi connectivity index (χ4n) is 2.16. The molecule has 7 heteroatoms. The van der Waals surface area contributed by atoms with Crippen molar-refractivity contribution in [1.82, 2.24) is 5.32 Å². The largest absolute Gasteiger partial charge is 0.497 e. The van der Waals surface area contributed by atoms with E-state index >= 15 is 0 Å². The fourth-order valence-corrected chi connectivity index (χ4v) is 2.16. The van der Waals surface area contributed by atoms with Crippen LogP contribution in [0.15, 0.2) is 34.9 Å². The molecule has 0 atom stereocenters. The van der Waals surface area contributed by atoms with Gasteiger partial charge in [0.2, 0.25) is 0 Å². The highest BCUT2D eigenvalue weighted by atomic mass is 16.5. The third-order valence-electron chi connectivity index (χ3n) is 3.31. The van der Waals surface area contributed by atoms with Crippen LogP contribution < -0.4 is 14.8 Å². The Hall–Kier alpha value is -2.96. The fraction of sp³-hybridized carbons (Fsp3) is 0.294. The van der Waals surface area contributed by atoms with Crippen molar-refractivity contribution in [2.75, 3.05) is 20.3 Å². The second kappa shape index (κ2) is 8.05. The number of hydrogen-bond donors (Lipinski definition) is 2. The molecule has 0 spiro atoms. The Kier molecular flexibility index (Phi) is 5.83. The summed E-state index contributed by atoms with van der Waals surface area (Å²) >= 11 is 0. The first-order valence-corrected chi connectivity index (χ1v) is 7.35. The average Bonchev–Trinajstić information content (AvgIpc) is 2.91. The van der Waals surface area contributed by atoms with Gasteiger partial charge in [-0.3, -0.25) is 9.59 Å². The molecule has 0 bridgehead atoms. The molecular formula is C17H19NO6. The van der Waals surface area contributed by atoms with Gasteiger partial charge in [-0.2, -0.15) is 0 Å². The zero-order valence-electron chi connectivity index (χ0n) is 13.5. The van der Waals surface area contributed by atoms with Crippen molar-refractivity contribution >= 4 is 11.9 Å². The van der Waals surface area contributed by atoms with E-state index in [1.165, 1.54) is 6.26 Å². The van der Waals surface area contributed by atoms with Crippen molar-refractivity contribution in [3.63, 3.8) is 0 Å². The molecule has 24 heavy (non-hydrogen) atoms. The number of methoxy groups -OCH3 is 1. The lowest BCUT2D eigenvalue weighted by Gasteiger charge is -2.09. The zero-order valence-corrected chi connectivity index (χ0v) is 13.5. The van der Waals surface area contributed by atoms with Gasteiger partial charge in [-0.1, -0.05) is 0 Å². The molecule has 0 saturated heterocycles. The minimum absolute atomic E-state index is 0.147. The molecule has 0 aliphatic heterocycles. The maximum absolute atomic E-state index is 12.2. The minimum atomic E-state index is -1.05. The number of amides is 1. The van der Waals surface area contributed by atoms with E-state index in [1.807, 2.05) is 0 Å². The first-order valence-electron chi connectivity index (χ1n) is 7.35. The van der Waals surface area contributed by atoms with Crippen LogP contribution >= 0.6 is 0 Å². The van der Waals surface area contributed by atoms with E-state index in [0.717, 1.165) is 5.75 Å². The Morgan fingerprint density at radius 2 is 1.88 bits per heavy atom. The second-order valence-corrected chi connectivity index (χ2v) is 5.07. The summed E-state index contributed by atoms with van der Waals surface area (Å²) in [5.41, 5.74) is 0.863. The molecule has 1 aromatic carbocycles. The van der Waals surface area contributed by atoms with E-state index in [9.17, 15) is 9.59 Å². The summed E-state index contributed by atoms with van der Waals surface area (Å²) in [5.74, 6) is 0.110. The number of nitrogens with one attached hydrogen (secondary N) is 1. The second-order valence-electron chi connectivity index (χ2n) is 5.07. The van der Waals surface area contributed by atoms with Crippen LogP contribution in [0.1, 0.15) is 21.7 Å². The Morgan fingerprint density at radius 3 is 2.50 bits per heavy atom. The molecule has 2 rings (SSSR count). The molecule has 0 fully saturated rings. The standard InChI is InChI=1S/C17H19NO6/c1-11-10-24-14(9-15(19)20)16(11)17(21)18-7-8-23-13-5-3-12(22-2)4-6-13/h3-6,10H,7-9H2,1-2H3,(H,18,21)(H,19,20). The summed E-state index contributed by atoms with van der Waals surface area (Å²) in [5, 5.41) is 11.5. The lowest BCUT2D eigenvalue weighted by molar-refractivity contribution is -0.136. The monoisotopic (exact) mass is 333 g/mol. The van der Waals surface area contributed by atoms with E-state index in [4.69, 9.17) is 19.0 Å². The molecule has 1 aromatic heterocycles. The van der Waals surface area contributed by atoms with Crippen LogP contribution in [0.5, 0.6) is 11.5 Å². The number of carboxylic acids is 1. The highest BCUT2D eigenvalue weighted by Crippen LogP contribution is 2.18. The quantitative estimate of drug-likeness (QED) is 0.717. The smallest absolute Gasteiger partial charge is 0.311 e. The number of benzene rings is 1. The van der Waals surface area contributed by atoms with Crippen molar-refractivity contribution in [3.05, 3.63) is 47.4 Å². The van der Waals surface area contributed by atoms with Gasteiger partial charge < -0.3 is 24.3 Å². The molecule has 1 amide bonds. The van der Waals surface area contributed by atoms with Gasteiger partial charge >= 0.3 is 5.97 Å². The molecule has 0 saturated carbocycles. The third-order valence-corrected chi connectivity index (χ3v) is 3.31. The predicted molar refractivity (Wildman–Crippen MR) is 85.6 cm³/mol. The van der Waals surface area contributed by atoms with Gasteiger partial charge in [0.05, 0.1) is 25.5 Å². The summed E-state index contributed by atoms with van der Waals surface area (Å²) in [6.45, 7) is 2.25. The first-order chi connectivity index (χ1) is 11.5. The maximum atomic E-state index is 12.2. The molecule has 1 heterocycles. The molecule has 2 aromatic rings. The first kappa shape index (κ1) is 17.4. The number of carboxylic acid groups (broad SMARTS) is 1. The van der Waals surface area contributed by atoms with Crippen LogP contribution in [0.3, 0.4) is 0 Å². The molecule has 2 N–H and O–H groups in total. The Bertz CT molecular complexity index is 704. The summed E-state index contributed by atoms with van der Waals surface area (Å²) in [6.07, 6.45) is 1.04. The number of carbonyl (C=O) groups excluding carboxylic acids is 1. The van der Waals surface area contributed by atoms with Gasteiger partial charge in [0, 0.05) is 5.56 Å². The van der Waals surface area contributed by atoms with Gasteiger partial charge in [0.1, 0.15) is 30.3 Å². The summed E-state index contributed by atoms with van der Waals surface area (Å²) in [4.78, 5) is 23.0. The number of hydrogen-bond acceptors (Lipinski definition) is 5. The molecule has 0 unspecified atom stereocenters. The number of furan rings is 1. The van der Waals surface area contributed by atoms with Crippen LogP contribution in [0.4, 0.5) is 0 Å². The van der Waals surface area contributed by atoms with E-state index < -0.39 is 5.97 Å². The van der Waals surface area contributed by atoms with Crippen molar-refractivity contribution in [2.24, 2.45) is 0 Å². The lowest BCUT2D eigenvalue weighted by Crippen LogP contribution is -2.29. The van der Waals surface area contributed by atoms with Crippen LogP contribution in [-0.2, 0) is 11.2 Å². The Balaban J connectivity index is 1.85. The minimum Gasteiger partial charge on any atom is -0.497 e. The van der Waals surface area contributed by atoms with Crippen LogP contribution in [-0.4, -0.2) is 37.2 Å². The summed E-state index contributed by atoms with van der Waals surface area (Å²) < 4.78 is 15.7. The molecular weight excluding hydrogens is 314 g/mol. The summed E-state index contributed by atoms with van der Waals surface area (Å²) in [7, 11) is 1.59. The van der Waals surface area contributed by atoms with Crippen molar-refractivity contribution in [2.45, 2.75) is 13.3 Å². The average molecular weight is 333 g/mol. The van der Waals surface area contributed by atoms with E-state index in [2.05, 4.69) is 5.32 Å². The maximum Gasteiger partial charge on any atom is 0.311 e. The normalized spacial score (nSPS) is 10.2. The number of carbonyl (C=O) groups is 2. The predicted octanol–water partition coefficient (Wildman–Crippen LogP) is 2.03. The van der Waals surface area contributed by atoms with E-state index in [0.29, 0.717) is 11.3 Å². The van der Waals surface area contributed by atoms with Crippen LogP contribution in [0.25, 0.3) is 0 Å². The van der Waals surface area contributed by atoms with Crippen LogP contribution in [0, 0.1) is 6.92 Å². The Morgan fingerprint density at radius 1 is 1.21 bits per heavy atom. The zero-order chi connectivity index (χ0) is 17.5. The van der Waals surface area contributed by atoms with Gasteiger partial charge in [-0.15, -0.1) is 0 Å². The number of ether oxygens (including phenoxy) is 2. The topological polar surface area (TPSA) is 98.0 Å². The lowest BCUT2D eigenvalue weighted by atomic mass is 10.1. The van der Waals surface area contributed by atoms with Crippen LogP contribution in [0.2, 0.25) is 0 Å². The number of aliphatic carboxylic acids is 1. The van der Waals surface area contributed by atoms with Gasteiger partial charge in [0.25, 0.3) is 5.91 Å². The van der Waals surface area contributed by atoms with E-state index in [1.54, 1.807) is 38.3 Å². The highest BCUT2D eigenvalue weighted by Gasteiger charge is 2.20. The third kappa shape index (κ3) is 4.52. The molecule has 7 nitrogen and oxygen atoms in total. The molecule has 0 aliphatic carbocycles. The Labute approximate surface area is 139 Å². The van der Waals surface area contributed by atoms with Gasteiger partial charge in [-0.05, 0) is 31.2 Å². The number of rotatable bonds is 8.